The van der Waals surface area contributed by atoms with Crippen LogP contribution in [0.15, 0.2) is 41.3 Å². The molecule has 1 aliphatic heterocycles. The van der Waals surface area contributed by atoms with E-state index in [0.29, 0.717) is 24.6 Å². The van der Waals surface area contributed by atoms with Crippen LogP contribution >= 0.6 is 11.6 Å². The monoisotopic (exact) mass is 466 g/mol. The van der Waals surface area contributed by atoms with Crippen LogP contribution in [-0.2, 0) is 16.6 Å². The molecule has 7 nitrogen and oxygen atoms in total. The number of carbonyl (C=O) groups excluding carboxylic acids is 1. The van der Waals surface area contributed by atoms with Crippen molar-refractivity contribution in [2.75, 3.05) is 27.3 Å². The van der Waals surface area contributed by atoms with Crippen LogP contribution in [0.2, 0.25) is 5.02 Å². The van der Waals surface area contributed by atoms with Gasteiger partial charge in [-0.05, 0) is 43.2 Å². The second-order valence-corrected chi connectivity index (χ2v) is 9.64. The molecule has 2 aromatic carbocycles. The Morgan fingerprint density at radius 3 is 2.39 bits per heavy atom. The molecule has 0 spiro atoms. The largest absolute Gasteiger partial charge is 0.497 e. The Morgan fingerprint density at radius 1 is 1.03 bits per heavy atom. The minimum Gasteiger partial charge on any atom is -0.497 e. The molecule has 1 aliphatic rings. The van der Waals surface area contributed by atoms with Crippen LogP contribution in [0.5, 0.6) is 11.5 Å². The highest BCUT2D eigenvalue weighted by atomic mass is 35.5. The maximum atomic E-state index is 13.1. The van der Waals surface area contributed by atoms with Crippen molar-refractivity contribution in [3.63, 3.8) is 0 Å². The van der Waals surface area contributed by atoms with Gasteiger partial charge in [0.25, 0.3) is 5.91 Å². The molecule has 1 fully saturated rings. The van der Waals surface area contributed by atoms with Crippen molar-refractivity contribution in [1.82, 2.24) is 9.62 Å². The number of sulfonamides is 1. The van der Waals surface area contributed by atoms with E-state index in [9.17, 15) is 13.2 Å². The van der Waals surface area contributed by atoms with Crippen LogP contribution in [0.1, 0.15) is 41.6 Å². The normalized spacial score (nSPS) is 15.2. The van der Waals surface area contributed by atoms with E-state index in [1.165, 1.54) is 22.5 Å². The first-order valence-electron chi connectivity index (χ1n) is 10.2. The van der Waals surface area contributed by atoms with Gasteiger partial charge in [-0.3, -0.25) is 4.79 Å². The molecule has 1 amide bonds. The Bertz CT molecular complexity index is 1030. The molecule has 9 heteroatoms. The van der Waals surface area contributed by atoms with Crippen LogP contribution in [0, 0.1) is 0 Å². The van der Waals surface area contributed by atoms with Gasteiger partial charge < -0.3 is 14.8 Å². The smallest absolute Gasteiger partial charge is 0.251 e. The van der Waals surface area contributed by atoms with E-state index in [1.54, 1.807) is 32.4 Å². The maximum absolute atomic E-state index is 13.1. The average molecular weight is 467 g/mol. The number of hydrogen-bond acceptors (Lipinski definition) is 5. The van der Waals surface area contributed by atoms with Crippen LogP contribution in [0.4, 0.5) is 0 Å². The molecule has 0 unspecified atom stereocenters. The van der Waals surface area contributed by atoms with E-state index >= 15 is 0 Å². The molecule has 0 radical (unpaired) electrons. The molecule has 0 aliphatic carbocycles. The molecule has 1 heterocycles. The van der Waals surface area contributed by atoms with Crippen molar-refractivity contribution in [1.29, 1.82) is 0 Å². The first kappa shape index (κ1) is 23.4. The molecule has 0 bridgehead atoms. The van der Waals surface area contributed by atoms with Gasteiger partial charge in [0.05, 0.1) is 19.2 Å². The lowest BCUT2D eigenvalue weighted by Crippen LogP contribution is -2.32. The average Bonchev–Trinajstić information content (AvgIpc) is 3.07. The zero-order valence-electron chi connectivity index (χ0n) is 17.7. The number of amides is 1. The first-order valence-corrected chi connectivity index (χ1v) is 12.0. The molecule has 0 saturated carbocycles. The molecule has 1 N–H and O–H groups in total. The van der Waals surface area contributed by atoms with Gasteiger partial charge >= 0.3 is 0 Å². The van der Waals surface area contributed by atoms with Gasteiger partial charge in [0, 0.05) is 36.8 Å². The number of halogens is 1. The van der Waals surface area contributed by atoms with Crippen LogP contribution in [-0.4, -0.2) is 45.9 Å². The quantitative estimate of drug-likeness (QED) is 0.669. The zero-order valence-corrected chi connectivity index (χ0v) is 19.3. The number of nitrogens with zero attached hydrogens (tertiary/aromatic N) is 1. The minimum absolute atomic E-state index is 0.0363. The SMILES string of the molecule is COc1ccc(CNC(=O)c2ccc(Cl)c(S(=O)(=O)N3CCCCCC3)c2)c(OC)c1. The lowest BCUT2D eigenvalue weighted by Gasteiger charge is -2.21. The molecule has 3 rings (SSSR count). The summed E-state index contributed by atoms with van der Waals surface area (Å²) < 4.78 is 38.3. The van der Waals surface area contributed by atoms with Crippen LogP contribution < -0.4 is 14.8 Å². The highest BCUT2D eigenvalue weighted by Gasteiger charge is 2.28. The number of nitrogens with one attached hydrogen (secondary N) is 1. The second-order valence-electron chi connectivity index (χ2n) is 7.32. The van der Waals surface area contributed by atoms with Crippen LogP contribution in [0.3, 0.4) is 0 Å². The number of hydrogen-bond donors (Lipinski definition) is 1. The third kappa shape index (κ3) is 5.50. The fraction of sp³-hybridized carbons (Fsp3) is 0.409. The van der Waals surface area contributed by atoms with Crippen molar-refractivity contribution in [3.05, 3.63) is 52.5 Å². The summed E-state index contributed by atoms with van der Waals surface area (Å²) in [6.45, 7) is 1.14. The number of rotatable bonds is 7. The standard InChI is InChI=1S/C22H27ClN2O5S/c1-29-18-9-7-17(20(14-18)30-2)15-24-22(26)16-8-10-19(23)21(13-16)31(27,28)25-11-5-3-4-6-12-25/h7-10,13-14H,3-6,11-12,15H2,1-2H3,(H,24,26). The predicted octanol–water partition coefficient (Wildman–Crippen LogP) is 3.85. The Kier molecular flexibility index (Phi) is 7.80. The number of benzene rings is 2. The van der Waals surface area contributed by atoms with Crippen molar-refractivity contribution in [3.8, 4) is 11.5 Å². The highest BCUT2D eigenvalue weighted by molar-refractivity contribution is 7.89. The molecule has 168 valence electrons. The summed E-state index contributed by atoms with van der Waals surface area (Å²) in [5.74, 6) is 0.829. The summed E-state index contributed by atoms with van der Waals surface area (Å²) in [6, 6.07) is 9.63. The Morgan fingerprint density at radius 2 is 1.74 bits per heavy atom. The number of carbonyl (C=O) groups is 1. The third-order valence-corrected chi connectivity index (χ3v) is 7.69. The minimum atomic E-state index is -3.77. The first-order chi connectivity index (χ1) is 14.9. The molecule has 0 aromatic heterocycles. The predicted molar refractivity (Wildman–Crippen MR) is 119 cm³/mol. The Balaban J connectivity index is 1.78. The Hall–Kier alpha value is -2.29. The van der Waals surface area contributed by atoms with Crippen LogP contribution in [0.25, 0.3) is 0 Å². The summed E-state index contributed by atoms with van der Waals surface area (Å²) in [7, 11) is -0.666. The molecule has 0 atom stereocenters. The van der Waals surface area contributed by atoms with Gasteiger partial charge in [0.1, 0.15) is 16.4 Å². The summed E-state index contributed by atoms with van der Waals surface area (Å²) >= 11 is 6.22. The van der Waals surface area contributed by atoms with E-state index in [-0.39, 0.29) is 22.0 Å². The van der Waals surface area contributed by atoms with E-state index in [0.717, 1.165) is 31.2 Å². The second kappa shape index (κ2) is 10.3. The van der Waals surface area contributed by atoms with Crippen molar-refractivity contribution in [2.45, 2.75) is 37.1 Å². The molecular formula is C22H27ClN2O5S. The lowest BCUT2D eigenvalue weighted by atomic mass is 10.1. The van der Waals surface area contributed by atoms with E-state index in [1.807, 2.05) is 0 Å². The van der Waals surface area contributed by atoms with E-state index < -0.39 is 15.9 Å². The molecule has 2 aromatic rings. The fourth-order valence-electron chi connectivity index (χ4n) is 3.54. The third-order valence-electron chi connectivity index (χ3n) is 5.31. The maximum Gasteiger partial charge on any atom is 0.251 e. The molecule has 1 saturated heterocycles. The Labute approximate surface area is 188 Å². The summed E-state index contributed by atoms with van der Waals surface area (Å²) in [6.07, 6.45) is 3.66. The molecular weight excluding hydrogens is 440 g/mol. The van der Waals surface area contributed by atoms with Crippen molar-refractivity contribution < 1.29 is 22.7 Å². The fourth-order valence-corrected chi connectivity index (χ4v) is 5.56. The van der Waals surface area contributed by atoms with E-state index in [2.05, 4.69) is 5.32 Å². The summed E-state index contributed by atoms with van der Waals surface area (Å²) in [4.78, 5) is 12.7. The van der Waals surface area contributed by atoms with E-state index in [4.69, 9.17) is 21.1 Å². The summed E-state index contributed by atoms with van der Waals surface area (Å²) in [5, 5.41) is 2.91. The number of methoxy groups -OCH3 is 2. The zero-order chi connectivity index (χ0) is 22.4. The lowest BCUT2D eigenvalue weighted by molar-refractivity contribution is 0.0950. The topological polar surface area (TPSA) is 84.9 Å². The molecule has 31 heavy (non-hydrogen) atoms. The van der Waals surface area contributed by atoms with Gasteiger partial charge in [0.15, 0.2) is 0 Å². The highest BCUT2D eigenvalue weighted by Crippen LogP contribution is 2.28. The van der Waals surface area contributed by atoms with Gasteiger partial charge in [-0.2, -0.15) is 4.31 Å². The number of ether oxygens (including phenoxy) is 2. The van der Waals surface area contributed by atoms with Gasteiger partial charge in [-0.15, -0.1) is 0 Å². The summed E-state index contributed by atoms with van der Waals surface area (Å²) in [5.41, 5.74) is 0.994. The van der Waals surface area contributed by atoms with Gasteiger partial charge in [0.2, 0.25) is 10.0 Å². The van der Waals surface area contributed by atoms with Crippen molar-refractivity contribution >= 4 is 27.5 Å². The van der Waals surface area contributed by atoms with Gasteiger partial charge in [-0.1, -0.05) is 24.4 Å². The van der Waals surface area contributed by atoms with Crippen molar-refractivity contribution in [2.24, 2.45) is 0 Å². The van der Waals surface area contributed by atoms with Gasteiger partial charge in [-0.25, -0.2) is 8.42 Å².